The summed E-state index contributed by atoms with van der Waals surface area (Å²) in [7, 11) is -2.09. The molecule has 1 aliphatic heterocycles. The van der Waals surface area contributed by atoms with E-state index in [1.165, 1.54) is 22.4 Å². The van der Waals surface area contributed by atoms with Crippen LogP contribution >= 0.6 is 11.6 Å². The van der Waals surface area contributed by atoms with Crippen molar-refractivity contribution in [2.75, 3.05) is 29.3 Å². The van der Waals surface area contributed by atoms with Crippen molar-refractivity contribution in [1.82, 2.24) is 4.98 Å². The number of rotatable bonds is 7. The Bertz CT molecular complexity index is 1180. The van der Waals surface area contributed by atoms with Gasteiger partial charge in [-0.05, 0) is 60.2 Å². The molecule has 0 radical (unpaired) electrons. The Morgan fingerprint density at radius 3 is 2.27 bits per heavy atom. The Kier molecular flexibility index (Phi) is 7.20. The maximum Gasteiger partial charge on any atom is 0.257 e. The molecule has 172 valence electrons. The first kappa shape index (κ1) is 23.1. The van der Waals surface area contributed by atoms with Crippen molar-refractivity contribution in [2.24, 2.45) is 0 Å². The Balaban J connectivity index is 1.33. The minimum atomic E-state index is -3.63. The van der Waals surface area contributed by atoms with Gasteiger partial charge in [-0.2, -0.15) is 0 Å². The van der Waals surface area contributed by atoms with Crippen LogP contribution in [0, 0.1) is 0 Å². The second-order valence-electron chi connectivity index (χ2n) is 7.87. The molecule has 1 saturated heterocycles. The number of halogens is 1. The standard InChI is InChI=1S/C25H26ClN3O3S/c1-28(33(30,31)19-14-20-2-4-21(26)5-3-20)22-6-8-24(9-7-22)32-25-12-17-29(18-13-25)23-10-15-27-16-11-23/h2-11,14-16,19,25H,12-13,17-18H2,1H3. The molecule has 2 heterocycles. The number of nitrogens with zero attached hydrogens (tertiary/aromatic N) is 3. The lowest BCUT2D eigenvalue weighted by atomic mass is 10.1. The zero-order valence-electron chi connectivity index (χ0n) is 18.3. The highest BCUT2D eigenvalue weighted by molar-refractivity contribution is 7.95. The summed E-state index contributed by atoms with van der Waals surface area (Å²) in [5, 5.41) is 1.80. The monoisotopic (exact) mass is 483 g/mol. The van der Waals surface area contributed by atoms with Gasteiger partial charge in [-0.25, -0.2) is 8.42 Å². The second-order valence-corrected chi connectivity index (χ2v) is 10.2. The average Bonchev–Trinajstić information content (AvgIpc) is 2.85. The van der Waals surface area contributed by atoms with Gasteiger partial charge in [-0.3, -0.25) is 9.29 Å². The molecule has 0 bridgehead atoms. The topological polar surface area (TPSA) is 62.7 Å². The van der Waals surface area contributed by atoms with Crippen molar-refractivity contribution in [3.8, 4) is 5.75 Å². The van der Waals surface area contributed by atoms with Gasteiger partial charge in [-0.15, -0.1) is 0 Å². The summed E-state index contributed by atoms with van der Waals surface area (Å²) in [5.41, 5.74) is 2.51. The van der Waals surface area contributed by atoms with Gasteiger partial charge in [0, 0.05) is 56.1 Å². The van der Waals surface area contributed by atoms with Gasteiger partial charge in [0.1, 0.15) is 11.9 Å². The first-order chi connectivity index (χ1) is 15.9. The molecule has 1 aromatic heterocycles. The van der Waals surface area contributed by atoms with Crippen LogP contribution in [-0.2, 0) is 10.0 Å². The summed E-state index contributed by atoms with van der Waals surface area (Å²) in [6.45, 7) is 1.85. The van der Waals surface area contributed by atoms with E-state index in [9.17, 15) is 8.42 Å². The fraction of sp³-hybridized carbons (Fsp3) is 0.240. The van der Waals surface area contributed by atoms with E-state index in [4.69, 9.17) is 16.3 Å². The van der Waals surface area contributed by atoms with Gasteiger partial charge in [0.2, 0.25) is 0 Å². The van der Waals surface area contributed by atoms with E-state index in [2.05, 4.69) is 9.88 Å². The molecule has 0 N–H and O–H groups in total. The van der Waals surface area contributed by atoms with Crippen LogP contribution in [0.3, 0.4) is 0 Å². The number of sulfonamides is 1. The lowest BCUT2D eigenvalue weighted by Crippen LogP contribution is -2.38. The maximum atomic E-state index is 12.7. The van der Waals surface area contributed by atoms with Gasteiger partial charge in [-0.1, -0.05) is 23.7 Å². The van der Waals surface area contributed by atoms with Crippen LogP contribution in [-0.4, -0.2) is 39.6 Å². The third-order valence-corrected chi connectivity index (χ3v) is 7.36. The molecule has 2 aromatic carbocycles. The lowest BCUT2D eigenvalue weighted by Gasteiger charge is -2.33. The molecule has 1 fully saturated rings. The van der Waals surface area contributed by atoms with E-state index in [1.54, 1.807) is 42.5 Å². The molecule has 1 aliphatic rings. The maximum absolute atomic E-state index is 12.7. The highest BCUT2D eigenvalue weighted by atomic mass is 35.5. The predicted octanol–water partition coefficient (Wildman–Crippen LogP) is 5.22. The third kappa shape index (κ3) is 6.06. The first-order valence-electron chi connectivity index (χ1n) is 10.7. The Morgan fingerprint density at radius 2 is 1.64 bits per heavy atom. The normalized spacial score (nSPS) is 15.0. The molecule has 0 amide bonds. The third-order valence-electron chi connectivity index (χ3n) is 5.66. The zero-order chi connectivity index (χ0) is 23.3. The number of hydrogen-bond donors (Lipinski definition) is 0. The number of ether oxygens (including phenoxy) is 1. The number of piperidine rings is 1. The van der Waals surface area contributed by atoms with Gasteiger partial charge < -0.3 is 9.64 Å². The van der Waals surface area contributed by atoms with Crippen molar-refractivity contribution >= 4 is 39.1 Å². The van der Waals surface area contributed by atoms with Crippen molar-refractivity contribution in [2.45, 2.75) is 18.9 Å². The minimum Gasteiger partial charge on any atom is -0.490 e. The van der Waals surface area contributed by atoms with Crippen LogP contribution in [0.25, 0.3) is 6.08 Å². The van der Waals surface area contributed by atoms with Crippen LogP contribution in [0.5, 0.6) is 5.75 Å². The molecule has 33 heavy (non-hydrogen) atoms. The van der Waals surface area contributed by atoms with Crippen LogP contribution in [0.2, 0.25) is 5.02 Å². The largest absolute Gasteiger partial charge is 0.490 e. The molecule has 8 heteroatoms. The first-order valence-corrected chi connectivity index (χ1v) is 12.6. The van der Waals surface area contributed by atoms with E-state index >= 15 is 0 Å². The molecule has 0 spiro atoms. The van der Waals surface area contributed by atoms with Crippen molar-refractivity contribution in [1.29, 1.82) is 0 Å². The summed E-state index contributed by atoms with van der Waals surface area (Å²) < 4.78 is 32.8. The smallest absolute Gasteiger partial charge is 0.257 e. The highest BCUT2D eigenvalue weighted by Crippen LogP contribution is 2.26. The fourth-order valence-corrected chi connectivity index (χ4v) is 4.74. The number of benzene rings is 2. The number of hydrogen-bond acceptors (Lipinski definition) is 5. The molecular weight excluding hydrogens is 458 g/mol. The van der Waals surface area contributed by atoms with E-state index in [-0.39, 0.29) is 6.10 Å². The predicted molar refractivity (Wildman–Crippen MR) is 134 cm³/mol. The van der Waals surface area contributed by atoms with Crippen molar-refractivity contribution < 1.29 is 13.2 Å². The summed E-state index contributed by atoms with van der Waals surface area (Å²) in [6.07, 6.45) is 7.16. The zero-order valence-corrected chi connectivity index (χ0v) is 19.9. The van der Waals surface area contributed by atoms with Gasteiger partial charge in [0.25, 0.3) is 10.0 Å². The summed E-state index contributed by atoms with van der Waals surface area (Å²) >= 11 is 5.87. The summed E-state index contributed by atoms with van der Waals surface area (Å²) in [5.74, 6) is 0.739. The van der Waals surface area contributed by atoms with Crippen LogP contribution in [0.4, 0.5) is 11.4 Å². The second kappa shape index (κ2) is 10.3. The number of pyridine rings is 1. The van der Waals surface area contributed by atoms with Gasteiger partial charge >= 0.3 is 0 Å². The Labute approximate surface area is 200 Å². The van der Waals surface area contributed by atoms with Gasteiger partial charge in [0.05, 0.1) is 11.1 Å². The molecule has 4 rings (SSSR count). The minimum absolute atomic E-state index is 0.137. The van der Waals surface area contributed by atoms with Crippen LogP contribution < -0.4 is 13.9 Å². The highest BCUT2D eigenvalue weighted by Gasteiger charge is 2.21. The number of anilines is 2. The lowest BCUT2D eigenvalue weighted by molar-refractivity contribution is 0.171. The number of aromatic nitrogens is 1. The SMILES string of the molecule is CN(c1ccc(OC2CCN(c3ccncc3)CC2)cc1)S(=O)(=O)C=Cc1ccc(Cl)cc1. The van der Waals surface area contributed by atoms with Gasteiger partial charge in [0.15, 0.2) is 0 Å². The van der Waals surface area contributed by atoms with Crippen molar-refractivity contribution in [3.63, 3.8) is 0 Å². The summed E-state index contributed by atoms with van der Waals surface area (Å²) in [6, 6.07) is 18.2. The Morgan fingerprint density at radius 1 is 1.00 bits per heavy atom. The molecule has 6 nitrogen and oxygen atoms in total. The van der Waals surface area contributed by atoms with E-state index in [0.29, 0.717) is 10.7 Å². The molecular formula is C25H26ClN3O3S. The van der Waals surface area contributed by atoms with E-state index in [0.717, 1.165) is 37.2 Å². The van der Waals surface area contributed by atoms with Crippen molar-refractivity contribution in [3.05, 3.63) is 89.1 Å². The van der Waals surface area contributed by atoms with E-state index in [1.807, 2.05) is 36.7 Å². The summed E-state index contributed by atoms with van der Waals surface area (Å²) in [4.78, 5) is 6.41. The molecule has 0 saturated carbocycles. The average molecular weight is 484 g/mol. The van der Waals surface area contributed by atoms with Crippen LogP contribution in [0.1, 0.15) is 18.4 Å². The van der Waals surface area contributed by atoms with E-state index < -0.39 is 10.0 Å². The fourth-order valence-electron chi connectivity index (χ4n) is 3.69. The quantitative estimate of drug-likeness (QED) is 0.461. The molecule has 3 aromatic rings. The van der Waals surface area contributed by atoms with Crippen LogP contribution in [0.15, 0.2) is 78.5 Å². The molecule has 0 aliphatic carbocycles. The molecule has 0 unspecified atom stereocenters. The Hall–Kier alpha value is -3.03. The molecule has 0 atom stereocenters.